The monoisotopic (exact) mass is 239 g/mol. The van der Waals surface area contributed by atoms with E-state index in [-0.39, 0.29) is 19.1 Å². The summed E-state index contributed by atoms with van der Waals surface area (Å²) in [7, 11) is 0. The van der Waals surface area contributed by atoms with Crippen molar-refractivity contribution in [1.29, 1.82) is 0 Å². The van der Waals surface area contributed by atoms with E-state index in [1.807, 2.05) is 6.92 Å². The molecule has 1 amide bonds. The van der Waals surface area contributed by atoms with Crippen LogP contribution in [0.3, 0.4) is 0 Å². The number of ether oxygens (including phenoxy) is 1. The first-order chi connectivity index (χ1) is 7.74. The van der Waals surface area contributed by atoms with Gasteiger partial charge in [0.1, 0.15) is 13.2 Å². The van der Waals surface area contributed by atoms with Gasteiger partial charge in [0.25, 0.3) is 5.91 Å². The SMILES string of the molecule is C/C=C/COC(=O)CNC(=O)c1cccs1. The number of esters is 1. The number of nitrogens with one attached hydrogen (secondary N) is 1. The van der Waals surface area contributed by atoms with Crippen LogP contribution in [-0.4, -0.2) is 25.0 Å². The van der Waals surface area contributed by atoms with E-state index in [2.05, 4.69) is 5.32 Å². The van der Waals surface area contributed by atoms with Crippen LogP contribution in [0.5, 0.6) is 0 Å². The zero-order valence-electron chi connectivity index (χ0n) is 8.93. The number of allylic oxidation sites excluding steroid dienone is 1. The van der Waals surface area contributed by atoms with Crippen LogP contribution in [0.25, 0.3) is 0 Å². The summed E-state index contributed by atoms with van der Waals surface area (Å²) in [6, 6.07) is 3.48. The molecule has 0 aromatic carbocycles. The number of carbonyl (C=O) groups is 2. The molecule has 1 aromatic rings. The molecule has 0 aliphatic carbocycles. The van der Waals surface area contributed by atoms with Crippen LogP contribution in [0.15, 0.2) is 29.7 Å². The molecule has 0 bridgehead atoms. The highest BCUT2D eigenvalue weighted by molar-refractivity contribution is 7.12. The minimum atomic E-state index is -0.442. The maximum absolute atomic E-state index is 11.4. The molecule has 1 aromatic heterocycles. The third-order valence-electron chi connectivity index (χ3n) is 1.71. The van der Waals surface area contributed by atoms with Crippen molar-refractivity contribution < 1.29 is 14.3 Å². The lowest BCUT2D eigenvalue weighted by Crippen LogP contribution is -2.30. The summed E-state index contributed by atoms with van der Waals surface area (Å²) in [5.41, 5.74) is 0. The molecule has 0 spiro atoms. The zero-order valence-corrected chi connectivity index (χ0v) is 9.75. The summed E-state index contributed by atoms with van der Waals surface area (Å²) < 4.78 is 4.81. The highest BCUT2D eigenvalue weighted by atomic mass is 32.1. The van der Waals surface area contributed by atoms with Gasteiger partial charge < -0.3 is 10.1 Å². The Hall–Kier alpha value is -1.62. The molecule has 5 heteroatoms. The number of rotatable bonds is 5. The number of amides is 1. The van der Waals surface area contributed by atoms with Gasteiger partial charge in [-0.05, 0) is 18.4 Å². The topological polar surface area (TPSA) is 55.4 Å². The molecule has 1 rings (SSSR count). The van der Waals surface area contributed by atoms with Gasteiger partial charge in [-0.1, -0.05) is 18.2 Å². The number of hydrogen-bond donors (Lipinski definition) is 1. The van der Waals surface area contributed by atoms with Crippen molar-refractivity contribution in [2.24, 2.45) is 0 Å². The van der Waals surface area contributed by atoms with Gasteiger partial charge in [0.2, 0.25) is 0 Å². The van der Waals surface area contributed by atoms with Gasteiger partial charge in [-0.2, -0.15) is 0 Å². The lowest BCUT2D eigenvalue weighted by Gasteiger charge is -2.03. The van der Waals surface area contributed by atoms with Crippen LogP contribution in [0.1, 0.15) is 16.6 Å². The highest BCUT2D eigenvalue weighted by Crippen LogP contribution is 2.07. The normalized spacial score (nSPS) is 10.3. The second kappa shape index (κ2) is 6.79. The number of carbonyl (C=O) groups excluding carboxylic acids is 2. The molecule has 4 nitrogen and oxygen atoms in total. The molecule has 0 aliphatic rings. The van der Waals surface area contributed by atoms with Crippen LogP contribution >= 0.6 is 11.3 Å². The molecule has 0 saturated carbocycles. The van der Waals surface area contributed by atoms with Crippen molar-refractivity contribution in [2.75, 3.05) is 13.2 Å². The average molecular weight is 239 g/mol. The van der Waals surface area contributed by atoms with Gasteiger partial charge in [0, 0.05) is 0 Å². The van der Waals surface area contributed by atoms with E-state index in [4.69, 9.17) is 4.74 Å². The van der Waals surface area contributed by atoms with E-state index >= 15 is 0 Å². The van der Waals surface area contributed by atoms with Crippen LogP contribution in [0, 0.1) is 0 Å². The molecule has 0 unspecified atom stereocenters. The smallest absolute Gasteiger partial charge is 0.325 e. The third-order valence-corrected chi connectivity index (χ3v) is 2.58. The first-order valence-corrected chi connectivity index (χ1v) is 5.70. The molecule has 86 valence electrons. The van der Waals surface area contributed by atoms with Crippen LogP contribution in [0.4, 0.5) is 0 Å². The molecule has 0 aliphatic heterocycles. The van der Waals surface area contributed by atoms with E-state index in [1.54, 1.807) is 29.7 Å². The van der Waals surface area contributed by atoms with Gasteiger partial charge in [-0.25, -0.2) is 0 Å². The minimum Gasteiger partial charge on any atom is -0.460 e. The Kier molecular flexibility index (Phi) is 5.28. The minimum absolute atomic E-state index is 0.103. The fourth-order valence-electron chi connectivity index (χ4n) is 0.936. The van der Waals surface area contributed by atoms with E-state index in [0.717, 1.165) is 0 Å². The van der Waals surface area contributed by atoms with Crippen molar-refractivity contribution in [3.8, 4) is 0 Å². The van der Waals surface area contributed by atoms with Crippen LogP contribution < -0.4 is 5.32 Å². The third kappa shape index (κ3) is 4.27. The Morgan fingerprint density at radius 1 is 1.56 bits per heavy atom. The fraction of sp³-hybridized carbons (Fsp3) is 0.273. The van der Waals surface area contributed by atoms with Gasteiger partial charge in [-0.15, -0.1) is 11.3 Å². The Bertz CT molecular complexity index is 371. The molecular weight excluding hydrogens is 226 g/mol. The molecule has 16 heavy (non-hydrogen) atoms. The standard InChI is InChI=1S/C11H13NO3S/c1-2-3-6-15-10(13)8-12-11(14)9-5-4-7-16-9/h2-5,7H,6,8H2,1H3,(H,12,14)/b3-2+. The summed E-state index contributed by atoms with van der Waals surface area (Å²) >= 11 is 1.33. The fourth-order valence-corrected chi connectivity index (χ4v) is 1.58. The van der Waals surface area contributed by atoms with Gasteiger partial charge in [0.15, 0.2) is 0 Å². The summed E-state index contributed by atoms with van der Waals surface area (Å²) in [5, 5.41) is 4.29. The summed E-state index contributed by atoms with van der Waals surface area (Å²) in [5.74, 6) is -0.694. The Labute approximate surface area is 97.9 Å². The molecule has 0 radical (unpaired) electrons. The van der Waals surface area contributed by atoms with E-state index in [0.29, 0.717) is 4.88 Å². The van der Waals surface area contributed by atoms with E-state index in [9.17, 15) is 9.59 Å². The molecular formula is C11H13NO3S. The van der Waals surface area contributed by atoms with E-state index in [1.165, 1.54) is 11.3 Å². The lowest BCUT2D eigenvalue weighted by molar-refractivity contribution is -0.141. The van der Waals surface area contributed by atoms with E-state index < -0.39 is 5.97 Å². The van der Waals surface area contributed by atoms with Gasteiger partial charge in [0.05, 0.1) is 4.88 Å². The predicted octanol–water partition coefficient (Wildman–Crippen LogP) is 1.60. The Morgan fingerprint density at radius 2 is 2.38 bits per heavy atom. The molecule has 1 N–H and O–H groups in total. The highest BCUT2D eigenvalue weighted by Gasteiger charge is 2.08. The van der Waals surface area contributed by atoms with Crippen LogP contribution in [-0.2, 0) is 9.53 Å². The second-order valence-corrected chi connectivity index (χ2v) is 3.86. The maximum Gasteiger partial charge on any atom is 0.325 e. The van der Waals surface area contributed by atoms with Crippen LogP contribution in [0.2, 0.25) is 0 Å². The molecule has 1 heterocycles. The van der Waals surface area contributed by atoms with Crippen molar-refractivity contribution >= 4 is 23.2 Å². The van der Waals surface area contributed by atoms with Crippen molar-refractivity contribution in [3.63, 3.8) is 0 Å². The van der Waals surface area contributed by atoms with Crippen molar-refractivity contribution in [3.05, 3.63) is 34.5 Å². The summed E-state index contributed by atoms with van der Waals surface area (Å²) in [6.07, 6.45) is 3.51. The van der Waals surface area contributed by atoms with Gasteiger partial charge >= 0.3 is 5.97 Å². The molecule has 0 fully saturated rings. The second-order valence-electron chi connectivity index (χ2n) is 2.91. The first kappa shape index (κ1) is 12.4. The average Bonchev–Trinajstić information content (AvgIpc) is 2.79. The molecule has 0 saturated heterocycles. The maximum atomic E-state index is 11.4. The van der Waals surface area contributed by atoms with Crippen molar-refractivity contribution in [1.82, 2.24) is 5.32 Å². The zero-order chi connectivity index (χ0) is 11.8. The van der Waals surface area contributed by atoms with Gasteiger partial charge in [-0.3, -0.25) is 9.59 Å². The summed E-state index contributed by atoms with van der Waals surface area (Å²) in [4.78, 5) is 23.1. The predicted molar refractivity (Wildman–Crippen MR) is 62.4 cm³/mol. The quantitative estimate of drug-likeness (QED) is 0.627. The number of thiophene rings is 1. The van der Waals surface area contributed by atoms with Crippen molar-refractivity contribution in [2.45, 2.75) is 6.92 Å². The lowest BCUT2D eigenvalue weighted by atomic mass is 10.4. The summed E-state index contributed by atoms with van der Waals surface area (Å²) in [6.45, 7) is 1.98. The first-order valence-electron chi connectivity index (χ1n) is 4.82. The Morgan fingerprint density at radius 3 is 3.00 bits per heavy atom. The largest absolute Gasteiger partial charge is 0.460 e. The molecule has 0 atom stereocenters. The Balaban J connectivity index is 2.24. The number of hydrogen-bond acceptors (Lipinski definition) is 4.